The first-order chi connectivity index (χ1) is 12.1. The molecule has 3 rings (SSSR count). The summed E-state index contributed by atoms with van der Waals surface area (Å²) >= 11 is 0. The minimum atomic E-state index is -1.29. The number of hydrogen-bond donors (Lipinski definition) is 4. The quantitative estimate of drug-likeness (QED) is 0.597. The molecular weight excluding hydrogens is 326 g/mol. The Balaban J connectivity index is 1.94. The number of hydrogen-bond acceptors (Lipinski definition) is 7. The van der Waals surface area contributed by atoms with E-state index < -0.39 is 37.3 Å². The molecule has 7 heteroatoms. The van der Waals surface area contributed by atoms with Crippen molar-refractivity contribution in [1.29, 1.82) is 0 Å². The third-order valence-corrected chi connectivity index (χ3v) is 4.40. The Morgan fingerprint density at radius 2 is 1.92 bits per heavy atom. The Morgan fingerprint density at radius 3 is 2.64 bits per heavy atom. The SMILES string of the molecule is CO[C@@H]1O[C@H](CO)[C@@H](O)[C@H](O)[C@H]1N=Cc1c(O)ccc2ccccc12. The molecule has 134 valence electrons. The van der Waals surface area contributed by atoms with Crippen LogP contribution < -0.4 is 0 Å². The fourth-order valence-corrected chi connectivity index (χ4v) is 3.00. The van der Waals surface area contributed by atoms with Gasteiger partial charge in [0.05, 0.1) is 6.61 Å². The van der Waals surface area contributed by atoms with Gasteiger partial charge in [0.2, 0.25) is 0 Å². The maximum absolute atomic E-state index is 10.3. The number of aliphatic hydroxyl groups excluding tert-OH is 3. The number of nitrogens with zero attached hydrogens (tertiary/aromatic N) is 1. The van der Waals surface area contributed by atoms with E-state index in [1.165, 1.54) is 13.3 Å². The van der Waals surface area contributed by atoms with E-state index in [1.807, 2.05) is 24.3 Å². The van der Waals surface area contributed by atoms with E-state index in [0.29, 0.717) is 5.56 Å². The van der Waals surface area contributed by atoms with Gasteiger partial charge in [0, 0.05) is 18.9 Å². The van der Waals surface area contributed by atoms with Gasteiger partial charge in [-0.15, -0.1) is 0 Å². The Labute approximate surface area is 144 Å². The lowest BCUT2D eigenvalue weighted by atomic mass is 9.97. The van der Waals surface area contributed by atoms with Crippen molar-refractivity contribution in [2.24, 2.45) is 4.99 Å². The summed E-state index contributed by atoms with van der Waals surface area (Å²) in [6, 6.07) is 9.99. The van der Waals surface area contributed by atoms with Gasteiger partial charge in [0.1, 0.15) is 30.1 Å². The van der Waals surface area contributed by atoms with Gasteiger partial charge < -0.3 is 29.9 Å². The molecule has 7 nitrogen and oxygen atoms in total. The number of rotatable bonds is 4. The molecule has 2 aromatic carbocycles. The largest absolute Gasteiger partial charge is 0.507 e. The Hall–Kier alpha value is -2.03. The summed E-state index contributed by atoms with van der Waals surface area (Å²) in [5.41, 5.74) is 0.499. The summed E-state index contributed by atoms with van der Waals surface area (Å²) in [5, 5.41) is 41.5. The number of phenolic OH excluding ortho intramolecular Hbond substituents is 1. The second-order valence-electron chi connectivity index (χ2n) is 5.93. The highest BCUT2D eigenvalue weighted by molar-refractivity contribution is 6.02. The standard InChI is InChI=1S/C18H21NO6/c1-24-18-15(17(23)16(22)14(9-20)25-18)19-8-12-11-5-3-2-4-10(11)6-7-13(12)21/h2-8,14-18,20-23H,9H2,1H3/t14-,15-,16-,17-,18-/m1/s1. The van der Waals surface area contributed by atoms with Crippen molar-refractivity contribution in [1.82, 2.24) is 0 Å². The Kier molecular flexibility index (Phi) is 5.31. The molecule has 0 unspecified atom stereocenters. The molecule has 0 bridgehead atoms. The number of aliphatic imine (C=N–C) groups is 1. The van der Waals surface area contributed by atoms with E-state index in [4.69, 9.17) is 9.47 Å². The summed E-state index contributed by atoms with van der Waals surface area (Å²) in [6.07, 6.45) is -3.00. The van der Waals surface area contributed by atoms with Crippen LogP contribution in [0.25, 0.3) is 10.8 Å². The molecule has 2 aromatic rings. The van der Waals surface area contributed by atoms with Crippen molar-refractivity contribution >= 4 is 17.0 Å². The topological polar surface area (TPSA) is 112 Å². The minimum Gasteiger partial charge on any atom is -0.507 e. The van der Waals surface area contributed by atoms with Crippen LogP contribution in [0.5, 0.6) is 5.75 Å². The van der Waals surface area contributed by atoms with Crippen LogP contribution in [0.15, 0.2) is 41.4 Å². The van der Waals surface area contributed by atoms with Gasteiger partial charge in [-0.25, -0.2) is 0 Å². The number of fused-ring (bicyclic) bond motifs is 1. The predicted octanol–water partition coefficient (Wildman–Crippen LogP) is 0.418. The van der Waals surface area contributed by atoms with Gasteiger partial charge in [0.25, 0.3) is 0 Å². The lowest BCUT2D eigenvalue weighted by Gasteiger charge is -2.39. The second kappa shape index (κ2) is 7.47. The number of aromatic hydroxyl groups is 1. The number of methoxy groups -OCH3 is 1. The highest BCUT2D eigenvalue weighted by Gasteiger charge is 2.44. The second-order valence-corrected chi connectivity index (χ2v) is 5.93. The lowest BCUT2D eigenvalue weighted by molar-refractivity contribution is -0.257. The smallest absolute Gasteiger partial charge is 0.182 e. The van der Waals surface area contributed by atoms with Crippen LogP contribution >= 0.6 is 0 Å². The molecule has 0 radical (unpaired) electrons. The monoisotopic (exact) mass is 347 g/mol. The summed E-state index contributed by atoms with van der Waals surface area (Å²) in [7, 11) is 1.39. The third kappa shape index (κ3) is 3.37. The highest BCUT2D eigenvalue weighted by Crippen LogP contribution is 2.27. The van der Waals surface area contributed by atoms with Crippen LogP contribution in [0.3, 0.4) is 0 Å². The van der Waals surface area contributed by atoms with Crippen molar-refractivity contribution in [3.05, 3.63) is 42.0 Å². The molecule has 0 spiro atoms. The maximum Gasteiger partial charge on any atom is 0.182 e. The summed E-state index contributed by atoms with van der Waals surface area (Å²) in [5.74, 6) is 0.0522. The van der Waals surface area contributed by atoms with E-state index in [2.05, 4.69) is 4.99 Å². The molecule has 0 aliphatic carbocycles. The molecule has 1 fully saturated rings. The first kappa shape index (κ1) is 17.8. The van der Waals surface area contributed by atoms with Gasteiger partial charge in [-0.05, 0) is 16.8 Å². The van der Waals surface area contributed by atoms with Crippen LogP contribution in [0.2, 0.25) is 0 Å². The number of benzene rings is 2. The fourth-order valence-electron chi connectivity index (χ4n) is 3.00. The van der Waals surface area contributed by atoms with Gasteiger partial charge in [-0.3, -0.25) is 4.99 Å². The molecule has 5 atom stereocenters. The summed E-state index contributed by atoms with van der Waals surface area (Å²) in [6.45, 7) is -0.446. The van der Waals surface area contributed by atoms with E-state index in [1.54, 1.807) is 12.1 Å². The van der Waals surface area contributed by atoms with E-state index in [0.717, 1.165) is 10.8 Å². The van der Waals surface area contributed by atoms with Gasteiger partial charge in [0.15, 0.2) is 6.29 Å². The molecule has 0 saturated carbocycles. The molecule has 1 aliphatic heterocycles. The van der Waals surface area contributed by atoms with Crippen molar-refractivity contribution in [3.8, 4) is 5.75 Å². The van der Waals surface area contributed by atoms with Crippen LogP contribution in [-0.4, -0.2) is 71.0 Å². The van der Waals surface area contributed by atoms with Gasteiger partial charge >= 0.3 is 0 Å². The zero-order chi connectivity index (χ0) is 18.0. The minimum absolute atomic E-state index is 0.0522. The predicted molar refractivity (Wildman–Crippen MR) is 91.8 cm³/mol. The normalized spacial score (nSPS) is 30.2. The van der Waals surface area contributed by atoms with Crippen molar-refractivity contribution < 1.29 is 29.9 Å². The van der Waals surface area contributed by atoms with Crippen molar-refractivity contribution in [2.75, 3.05) is 13.7 Å². The first-order valence-electron chi connectivity index (χ1n) is 7.96. The lowest BCUT2D eigenvalue weighted by Crippen LogP contribution is -2.58. The van der Waals surface area contributed by atoms with Gasteiger partial charge in [-0.2, -0.15) is 0 Å². The average molecular weight is 347 g/mol. The molecular formula is C18H21NO6. The molecule has 0 amide bonds. The van der Waals surface area contributed by atoms with Crippen molar-refractivity contribution in [2.45, 2.75) is 30.6 Å². The molecule has 1 heterocycles. The molecule has 1 aliphatic rings. The Morgan fingerprint density at radius 1 is 1.16 bits per heavy atom. The molecule has 4 N–H and O–H groups in total. The van der Waals surface area contributed by atoms with E-state index in [-0.39, 0.29) is 5.75 Å². The summed E-state index contributed by atoms with van der Waals surface area (Å²) < 4.78 is 10.6. The fraction of sp³-hybridized carbons (Fsp3) is 0.389. The third-order valence-electron chi connectivity index (χ3n) is 4.40. The highest BCUT2D eigenvalue weighted by atomic mass is 16.7. The number of ether oxygens (including phenoxy) is 2. The van der Waals surface area contributed by atoms with Crippen LogP contribution in [0.4, 0.5) is 0 Å². The summed E-state index contributed by atoms with van der Waals surface area (Å²) in [4.78, 5) is 4.29. The molecule has 1 saturated heterocycles. The van der Waals surface area contributed by atoms with E-state index in [9.17, 15) is 20.4 Å². The first-order valence-corrected chi connectivity index (χ1v) is 7.96. The molecule has 25 heavy (non-hydrogen) atoms. The Bertz CT molecular complexity index is 762. The van der Waals surface area contributed by atoms with Crippen LogP contribution in [0.1, 0.15) is 5.56 Å². The number of phenols is 1. The number of aliphatic hydroxyl groups is 3. The van der Waals surface area contributed by atoms with Crippen LogP contribution in [-0.2, 0) is 9.47 Å². The zero-order valence-electron chi connectivity index (χ0n) is 13.7. The molecule has 0 aromatic heterocycles. The van der Waals surface area contributed by atoms with Crippen LogP contribution in [0, 0.1) is 0 Å². The maximum atomic E-state index is 10.3. The zero-order valence-corrected chi connectivity index (χ0v) is 13.7. The average Bonchev–Trinajstić information content (AvgIpc) is 2.64. The van der Waals surface area contributed by atoms with Gasteiger partial charge in [-0.1, -0.05) is 30.3 Å². The van der Waals surface area contributed by atoms with E-state index >= 15 is 0 Å². The van der Waals surface area contributed by atoms with Crippen molar-refractivity contribution in [3.63, 3.8) is 0 Å².